The zero-order valence-corrected chi connectivity index (χ0v) is 13.9. The molecular formula is C15H20O2Y-2. The van der Waals surface area contributed by atoms with Gasteiger partial charge in [0.05, 0.1) is 6.61 Å². The van der Waals surface area contributed by atoms with Crippen molar-refractivity contribution in [2.75, 3.05) is 6.61 Å². The number of rotatable bonds is 6. The Morgan fingerprint density at radius 2 is 2.22 bits per heavy atom. The van der Waals surface area contributed by atoms with Gasteiger partial charge in [-0.15, -0.1) is 12.8 Å². The maximum Gasteiger partial charge on any atom is 0.316 e. The SMILES string of the molecule is [CH-]=C(/C=C/C(=O)OCCCC)C1=[C-]CCCC1.[Y]. The molecule has 0 saturated carbocycles. The van der Waals surface area contributed by atoms with Gasteiger partial charge in [-0.25, -0.2) is 10.9 Å². The van der Waals surface area contributed by atoms with Crippen molar-refractivity contribution in [3.63, 3.8) is 0 Å². The maximum absolute atomic E-state index is 11.3. The third kappa shape index (κ3) is 7.28. The van der Waals surface area contributed by atoms with E-state index in [9.17, 15) is 4.79 Å². The van der Waals surface area contributed by atoms with Crippen molar-refractivity contribution in [1.29, 1.82) is 0 Å². The number of ether oxygens (including phenoxy) is 1. The van der Waals surface area contributed by atoms with Crippen molar-refractivity contribution >= 4 is 5.97 Å². The Hall–Kier alpha value is -0.206. The molecule has 0 aromatic heterocycles. The summed E-state index contributed by atoms with van der Waals surface area (Å²) >= 11 is 0. The molecule has 0 spiro atoms. The number of unbranched alkanes of at least 4 members (excludes halogenated alkanes) is 1. The average molecular weight is 321 g/mol. The van der Waals surface area contributed by atoms with Gasteiger partial charge in [0, 0.05) is 32.7 Å². The van der Waals surface area contributed by atoms with E-state index in [4.69, 9.17) is 11.3 Å². The second-order valence-corrected chi connectivity index (χ2v) is 4.17. The third-order valence-electron chi connectivity index (χ3n) is 2.68. The van der Waals surface area contributed by atoms with Crippen LogP contribution in [0.5, 0.6) is 0 Å². The molecule has 1 radical (unpaired) electrons. The molecule has 3 heteroatoms. The predicted octanol–water partition coefficient (Wildman–Crippen LogP) is 3.55. The van der Waals surface area contributed by atoms with Crippen LogP contribution in [0.15, 0.2) is 23.3 Å². The zero-order chi connectivity index (χ0) is 12.5. The van der Waals surface area contributed by atoms with Gasteiger partial charge < -0.3 is 28.5 Å². The number of carbonyl (C=O) groups excluding carboxylic acids is 1. The minimum absolute atomic E-state index is 0. The molecule has 2 nitrogen and oxygen atoms in total. The Balaban J connectivity index is 0.00000289. The fourth-order valence-electron chi connectivity index (χ4n) is 1.62. The van der Waals surface area contributed by atoms with Gasteiger partial charge >= 0.3 is 5.97 Å². The summed E-state index contributed by atoms with van der Waals surface area (Å²) in [4.78, 5) is 11.3. The number of esters is 1. The Labute approximate surface area is 135 Å². The van der Waals surface area contributed by atoms with Gasteiger partial charge in [0.25, 0.3) is 0 Å². The van der Waals surface area contributed by atoms with Gasteiger partial charge in [-0.05, 0) is 12.5 Å². The molecule has 0 fully saturated rings. The number of hydrogen-bond acceptors (Lipinski definition) is 2. The number of allylic oxidation sites excluding steroid dienone is 4. The molecule has 1 aliphatic carbocycles. The summed E-state index contributed by atoms with van der Waals surface area (Å²) in [7, 11) is 0. The van der Waals surface area contributed by atoms with Crippen LogP contribution in [0.2, 0.25) is 0 Å². The van der Waals surface area contributed by atoms with E-state index in [0.29, 0.717) is 12.2 Å². The standard InChI is InChI=1S/C15H20O2.Y/c1-3-4-12-17-15(16)11-10-13(2)14-8-6-5-7-9-14;/h2,10-11H,3-8,12H2,1H3;/q-2;/b11-10+;. The second-order valence-electron chi connectivity index (χ2n) is 4.17. The van der Waals surface area contributed by atoms with Gasteiger partial charge in [0.15, 0.2) is 0 Å². The molecular weight excluding hydrogens is 301 g/mol. The van der Waals surface area contributed by atoms with Crippen LogP contribution in [0.3, 0.4) is 0 Å². The summed E-state index contributed by atoms with van der Waals surface area (Å²) in [5.74, 6) is -0.321. The molecule has 0 aromatic rings. The van der Waals surface area contributed by atoms with Crippen molar-refractivity contribution < 1.29 is 42.2 Å². The molecule has 0 aromatic carbocycles. The zero-order valence-electron chi connectivity index (χ0n) is 11.1. The van der Waals surface area contributed by atoms with Crippen molar-refractivity contribution in [2.24, 2.45) is 0 Å². The van der Waals surface area contributed by atoms with E-state index in [-0.39, 0.29) is 38.7 Å². The van der Waals surface area contributed by atoms with Crippen molar-refractivity contribution in [3.8, 4) is 0 Å². The first-order valence-electron chi connectivity index (χ1n) is 6.31. The Morgan fingerprint density at radius 3 is 2.83 bits per heavy atom. The maximum atomic E-state index is 11.3. The van der Waals surface area contributed by atoms with E-state index in [1.165, 1.54) is 12.5 Å². The van der Waals surface area contributed by atoms with Crippen LogP contribution >= 0.6 is 0 Å². The van der Waals surface area contributed by atoms with E-state index in [2.05, 4.69) is 13.0 Å². The van der Waals surface area contributed by atoms with Crippen molar-refractivity contribution in [1.82, 2.24) is 0 Å². The summed E-state index contributed by atoms with van der Waals surface area (Å²) in [5.41, 5.74) is 1.67. The summed E-state index contributed by atoms with van der Waals surface area (Å²) in [6.45, 7) is 8.41. The molecule has 97 valence electrons. The second kappa shape index (κ2) is 10.7. The van der Waals surface area contributed by atoms with Crippen LogP contribution in [0.4, 0.5) is 0 Å². The average Bonchev–Trinajstić information content (AvgIpc) is 2.37. The largest absolute Gasteiger partial charge is 0.463 e. The van der Waals surface area contributed by atoms with Gasteiger partial charge in [0.1, 0.15) is 0 Å². The fourth-order valence-corrected chi connectivity index (χ4v) is 1.62. The first kappa shape index (κ1) is 17.8. The summed E-state index contributed by atoms with van der Waals surface area (Å²) < 4.78 is 5.00. The number of carbonyl (C=O) groups is 1. The topological polar surface area (TPSA) is 26.3 Å². The minimum atomic E-state index is -0.321. The molecule has 0 bridgehead atoms. The van der Waals surface area contributed by atoms with Gasteiger partial charge in [-0.3, -0.25) is 0 Å². The number of hydrogen-bond donors (Lipinski definition) is 0. The first-order valence-corrected chi connectivity index (χ1v) is 6.31. The molecule has 18 heavy (non-hydrogen) atoms. The summed E-state index contributed by atoms with van der Waals surface area (Å²) in [6, 6.07) is 0. The van der Waals surface area contributed by atoms with Crippen LogP contribution in [-0.2, 0) is 42.2 Å². The molecule has 0 N–H and O–H groups in total. The van der Waals surface area contributed by atoms with E-state index in [1.807, 2.05) is 0 Å². The van der Waals surface area contributed by atoms with Crippen LogP contribution in [0.25, 0.3) is 0 Å². The molecule has 1 aliphatic rings. The molecule has 0 atom stereocenters. The van der Waals surface area contributed by atoms with Crippen LogP contribution in [0.1, 0.15) is 45.4 Å². The van der Waals surface area contributed by atoms with E-state index in [1.54, 1.807) is 6.08 Å². The Morgan fingerprint density at radius 1 is 1.44 bits per heavy atom. The van der Waals surface area contributed by atoms with E-state index in [0.717, 1.165) is 37.7 Å². The molecule has 0 heterocycles. The van der Waals surface area contributed by atoms with Crippen molar-refractivity contribution in [2.45, 2.75) is 45.4 Å². The minimum Gasteiger partial charge on any atom is -0.463 e. The first-order chi connectivity index (χ1) is 8.24. The molecule has 1 rings (SSSR count). The van der Waals surface area contributed by atoms with Crippen LogP contribution in [0, 0.1) is 12.7 Å². The predicted molar refractivity (Wildman–Crippen MR) is 68.0 cm³/mol. The van der Waals surface area contributed by atoms with Gasteiger partial charge in [0.2, 0.25) is 0 Å². The fraction of sp³-hybridized carbons (Fsp3) is 0.533. The molecule has 0 amide bonds. The monoisotopic (exact) mass is 321 g/mol. The quantitative estimate of drug-likeness (QED) is 0.246. The summed E-state index contributed by atoms with van der Waals surface area (Å²) in [6.07, 6.45) is 12.4. The van der Waals surface area contributed by atoms with E-state index < -0.39 is 0 Å². The molecule has 0 saturated heterocycles. The Kier molecular flexibility index (Phi) is 10.6. The van der Waals surface area contributed by atoms with E-state index >= 15 is 0 Å². The molecule has 0 aliphatic heterocycles. The van der Waals surface area contributed by atoms with Gasteiger partial charge in [-0.1, -0.05) is 26.2 Å². The summed E-state index contributed by atoms with van der Waals surface area (Å²) in [5, 5.41) is 0. The normalized spacial score (nSPS) is 14.8. The van der Waals surface area contributed by atoms with Gasteiger partial charge in [-0.2, -0.15) is 0 Å². The molecule has 0 unspecified atom stereocenters. The van der Waals surface area contributed by atoms with Crippen LogP contribution in [-0.4, -0.2) is 12.6 Å². The Bertz CT molecular complexity index is 329. The smallest absolute Gasteiger partial charge is 0.316 e. The third-order valence-corrected chi connectivity index (χ3v) is 2.68. The van der Waals surface area contributed by atoms with Crippen molar-refractivity contribution in [3.05, 3.63) is 36.0 Å². The van der Waals surface area contributed by atoms with Crippen LogP contribution < -0.4 is 0 Å².